The Bertz CT molecular complexity index is 75.0. The van der Waals surface area contributed by atoms with Gasteiger partial charge in [0.2, 0.25) is 0 Å². The fraction of sp³-hybridized carbons (Fsp3) is 0.600. The first-order valence-corrected chi connectivity index (χ1v) is 2.19. The molecule has 0 spiro atoms. The van der Waals surface area contributed by atoms with Crippen molar-refractivity contribution in [2.45, 2.75) is 13.0 Å². The van der Waals surface area contributed by atoms with Gasteiger partial charge >= 0.3 is 6.11 Å². The van der Waals surface area contributed by atoms with E-state index in [4.69, 9.17) is 0 Å². The molecule has 8 heavy (non-hydrogen) atoms. The fourth-order valence-corrected chi connectivity index (χ4v) is 0.205. The summed E-state index contributed by atoms with van der Waals surface area (Å²) in [6, 6.07) is 0. The lowest BCUT2D eigenvalue weighted by atomic mass is 10.6. The quantitative estimate of drug-likeness (QED) is 0.518. The largest absolute Gasteiger partial charge is 0.353 e. The lowest BCUT2D eigenvalue weighted by molar-refractivity contribution is -0.216. The van der Waals surface area contributed by atoms with Crippen molar-refractivity contribution < 1.29 is 13.5 Å². The molecule has 0 radical (unpaired) electrons. The Kier molecular flexibility index (Phi) is 2.62. The summed E-state index contributed by atoms with van der Waals surface area (Å²) >= 11 is 0. The lowest BCUT2D eigenvalue weighted by Crippen LogP contribution is -2.14. The lowest BCUT2D eigenvalue weighted by Gasteiger charge is -2.07. The van der Waals surface area contributed by atoms with Crippen molar-refractivity contribution in [3.8, 4) is 0 Å². The molecule has 0 aliphatic carbocycles. The van der Waals surface area contributed by atoms with Crippen LogP contribution in [-0.2, 0) is 4.74 Å². The minimum Gasteiger partial charge on any atom is -0.317 e. The maximum Gasteiger partial charge on any atom is 0.353 e. The predicted octanol–water partition coefficient (Wildman–Crippen LogP) is 1.80. The Morgan fingerprint density at radius 3 is 2.38 bits per heavy atom. The molecule has 0 amide bonds. The maximum atomic E-state index is 11.6. The normalized spacial score (nSPS) is 11.4. The molecule has 0 unspecified atom stereocenters. The summed E-state index contributed by atoms with van der Waals surface area (Å²) in [5, 5.41) is 0. The zero-order valence-electron chi connectivity index (χ0n) is 4.66. The predicted molar refractivity (Wildman–Crippen MR) is 26.8 cm³/mol. The highest BCUT2D eigenvalue weighted by atomic mass is 19.3. The number of rotatable bonds is 3. The van der Waals surface area contributed by atoms with Gasteiger partial charge in [-0.1, -0.05) is 6.08 Å². The van der Waals surface area contributed by atoms with E-state index in [0.717, 1.165) is 0 Å². The number of hydrogen-bond donors (Lipinski definition) is 0. The number of alkyl halides is 2. The van der Waals surface area contributed by atoms with E-state index in [1.807, 2.05) is 0 Å². The Morgan fingerprint density at radius 2 is 2.25 bits per heavy atom. The minimum atomic E-state index is -3.02. The molecule has 0 aromatic heterocycles. The molecule has 0 aromatic rings. The molecular weight excluding hydrogens is 114 g/mol. The first-order valence-electron chi connectivity index (χ1n) is 2.19. The SMILES string of the molecule is C=CCOC(C)(F)F. The van der Waals surface area contributed by atoms with Crippen LogP contribution in [0.25, 0.3) is 0 Å². The summed E-state index contributed by atoms with van der Waals surface area (Å²) in [6.45, 7) is 3.79. The van der Waals surface area contributed by atoms with Gasteiger partial charge in [0.15, 0.2) is 0 Å². The van der Waals surface area contributed by atoms with Crippen LogP contribution in [0.2, 0.25) is 0 Å². The highest BCUT2D eigenvalue weighted by molar-refractivity contribution is 4.64. The van der Waals surface area contributed by atoms with E-state index in [9.17, 15) is 8.78 Å². The van der Waals surface area contributed by atoms with Crippen LogP contribution in [0.4, 0.5) is 8.78 Å². The monoisotopic (exact) mass is 122 g/mol. The molecular formula is C5H8F2O. The van der Waals surface area contributed by atoms with Crippen LogP contribution >= 0.6 is 0 Å². The molecule has 0 atom stereocenters. The number of halogens is 2. The van der Waals surface area contributed by atoms with Crippen LogP contribution in [0.15, 0.2) is 12.7 Å². The number of ether oxygens (including phenoxy) is 1. The molecule has 48 valence electrons. The minimum absolute atomic E-state index is 0.108. The summed E-state index contributed by atoms with van der Waals surface area (Å²) < 4.78 is 27.2. The third-order valence-corrected chi connectivity index (χ3v) is 0.455. The van der Waals surface area contributed by atoms with Gasteiger partial charge in [-0.05, 0) is 0 Å². The van der Waals surface area contributed by atoms with Crippen LogP contribution < -0.4 is 0 Å². The molecule has 0 N–H and O–H groups in total. The molecule has 0 aromatic carbocycles. The zero-order chi connectivity index (χ0) is 6.62. The van der Waals surface area contributed by atoms with E-state index in [-0.39, 0.29) is 6.61 Å². The Hall–Kier alpha value is -0.440. The Balaban J connectivity index is 3.24. The third kappa shape index (κ3) is 5.56. The molecule has 0 aliphatic heterocycles. The van der Waals surface area contributed by atoms with Crippen LogP contribution in [0.3, 0.4) is 0 Å². The van der Waals surface area contributed by atoms with Gasteiger partial charge in [-0.25, -0.2) is 0 Å². The van der Waals surface area contributed by atoms with Gasteiger partial charge in [0.1, 0.15) is 0 Å². The van der Waals surface area contributed by atoms with Crippen molar-refractivity contribution in [1.29, 1.82) is 0 Å². The molecule has 0 fully saturated rings. The maximum absolute atomic E-state index is 11.6. The molecule has 1 nitrogen and oxygen atoms in total. The summed E-state index contributed by atoms with van der Waals surface area (Å²) in [6.07, 6.45) is -1.74. The highest BCUT2D eigenvalue weighted by Crippen LogP contribution is 2.11. The molecule has 0 heterocycles. The first kappa shape index (κ1) is 7.56. The van der Waals surface area contributed by atoms with Crippen LogP contribution in [0, 0.1) is 0 Å². The van der Waals surface area contributed by atoms with E-state index in [0.29, 0.717) is 6.92 Å². The van der Waals surface area contributed by atoms with Gasteiger partial charge in [-0.3, -0.25) is 0 Å². The molecule has 0 saturated carbocycles. The molecule has 0 saturated heterocycles. The van der Waals surface area contributed by atoms with Crippen molar-refractivity contribution in [2.24, 2.45) is 0 Å². The zero-order valence-corrected chi connectivity index (χ0v) is 4.66. The molecule has 0 aliphatic rings. The number of hydrogen-bond acceptors (Lipinski definition) is 1. The smallest absolute Gasteiger partial charge is 0.317 e. The Labute approximate surface area is 47.0 Å². The van der Waals surface area contributed by atoms with Crippen LogP contribution in [-0.4, -0.2) is 12.7 Å². The third-order valence-electron chi connectivity index (χ3n) is 0.455. The Morgan fingerprint density at radius 1 is 1.75 bits per heavy atom. The van der Waals surface area contributed by atoms with Gasteiger partial charge in [0, 0.05) is 6.92 Å². The standard InChI is InChI=1S/C5H8F2O/c1-3-4-8-5(2,6)7/h3H,1,4H2,2H3. The van der Waals surface area contributed by atoms with Gasteiger partial charge in [0.25, 0.3) is 0 Å². The average molecular weight is 122 g/mol. The molecule has 0 rings (SSSR count). The second-order valence-corrected chi connectivity index (χ2v) is 1.41. The van der Waals surface area contributed by atoms with E-state index >= 15 is 0 Å². The average Bonchev–Trinajstić information content (AvgIpc) is 1.59. The van der Waals surface area contributed by atoms with Crippen molar-refractivity contribution in [2.75, 3.05) is 6.61 Å². The highest BCUT2D eigenvalue weighted by Gasteiger charge is 2.19. The molecule has 0 bridgehead atoms. The van der Waals surface area contributed by atoms with Crippen LogP contribution in [0.5, 0.6) is 0 Å². The van der Waals surface area contributed by atoms with Gasteiger partial charge in [-0.15, -0.1) is 6.58 Å². The van der Waals surface area contributed by atoms with Gasteiger partial charge in [0.05, 0.1) is 6.61 Å². The summed E-state index contributed by atoms with van der Waals surface area (Å²) in [4.78, 5) is 0. The molecule has 3 heteroatoms. The van der Waals surface area contributed by atoms with E-state index in [1.165, 1.54) is 6.08 Å². The topological polar surface area (TPSA) is 9.23 Å². The summed E-state index contributed by atoms with van der Waals surface area (Å²) in [7, 11) is 0. The van der Waals surface area contributed by atoms with E-state index < -0.39 is 6.11 Å². The summed E-state index contributed by atoms with van der Waals surface area (Å²) in [5.41, 5.74) is 0. The first-order chi connectivity index (χ1) is 3.56. The van der Waals surface area contributed by atoms with Crippen molar-refractivity contribution in [3.05, 3.63) is 12.7 Å². The van der Waals surface area contributed by atoms with Crippen molar-refractivity contribution in [1.82, 2.24) is 0 Å². The van der Waals surface area contributed by atoms with E-state index in [1.54, 1.807) is 0 Å². The van der Waals surface area contributed by atoms with Gasteiger partial charge in [-0.2, -0.15) is 8.78 Å². The van der Waals surface area contributed by atoms with Crippen molar-refractivity contribution >= 4 is 0 Å². The summed E-state index contributed by atoms with van der Waals surface area (Å²) in [5.74, 6) is 0. The van der Waals surface area contributed by atoms with Gasteiger partial charge < -0.3 is 4.74 Å². The van der Waals surface area contributed by atoms with Crippen molar-refractivity contribution in [3.63, 3.8) is 0 Å². The van der Waals surface area contributed by atoms with Crippen LogP contribution in [0.1, 0.15) is 6.92 Å². The second-order valence-electron chi connectivity index (χ2n) is 1.41. The van der Waals surface area contributed by atoms with E-state index in [2.05, 4.69) is 11.3 Å². The second kappa shape index (κ2) is 2.77. The fourth-order valence-electron chi connectivity index (χ4n) is 0.205.